The third kappa shape index (κ3) is 6.60. The molecule has 1 saturated heterocycles. The van der Waals surface area contributed by atoms with E-state index in [0.29, 0.717) is 12.5 Å². The molecular formula is C16H32N2O2. The monoisotopic (exact) mass is 284 g/mol. The van der Waals surface area contributed by atoms with Crippen LogP contribution in [0.5, 0.6) is 0 Å². The predicted octanol–water partition coefficient (Wildman–Crippen LogP) is 3.41. The molecule has 2 unspecified atom stereocenters. The lowest BCUT2D eigenvalue weighted by molar-refractivity contribution is 0.113. The lowest BCUT2D eigenvalue weighted by Gasteiger charge is -2.38. The molecule has 0 aliphatic carbocycles. The van der Waals surface area contributed by atoms with E-state index in [9.17, 15) is 4.79 Å². The first-order valence-electron chi connectivity index (χ1n) is 8.35. The molecule has 0 spiro atoms. The molecule has 1 amide bonds. The maximum absolute atomic E-state index is 11.6. The van der Waals surface area contributed by atoms with Gasteiger partial charge in [0.15, 0.2) is 0 Å². The highest BCUT2D eigenvalue weighted by Gasteiger charge is 2.27. The summed E-state index contributed by atoms with van der Waals surface area (Å²) in [6.45, 7) is 10.1. The first-order valence-corrected chi connectivity index (χ1v) is 8.35. The fraction of sp³-hybridized carbons (Fsp3) is 0.938. The summed E-state index contributed by atoms with van der Waals surface area (Å²) in [7, 11) is 0. The van der Waals surface area contributed by atoms with E-state index in [1.165, 1.54) is 38.6 Å². The van der Waals surface area contributed by atoms with Crippen LogP contribution < -0.4 is 5.32 Å². The minimum Gasteiger partial charge on any atom is -0.450 e. The SMILES string of the molecule is CCCCC1CC(NC(=O)OCC)CN(CCCC)C1. The van der Waals surface area contributed by atoms with Crippen LogP contribution in [0.1, 0.15) is 59.3 Å². The van der Waals surface area contributed by atoms with Gasteiger partial charge in [0.05, 0.1) is 6.61 Å². The van der Waals surface area contributed by atoms with Crippen LogP contribution in [0.4, 0.5) is 4.79 Å². The molecule has 1 N–H and O–H groups in total. The largest absolute Gasteiger partial charge is 0.450 e. The van der Waals surface area contributed by atoms with Gasteiger partial charge < -0.3 is 15.0 Å². The summed E-state index contributed by atoms with van der Waals surface area (Å²) in [4.78, 5) is 14.1. The fourth-order valence-corrected chi connectivity index (χ4v) is 3.01. The zero-order valence-electron chi connectivity index (χ0n) is 13.5. The van der Waals surface area contributed by atoms with Gasteiger partial charge in [0.1, 0.15) is 0 Å². The maximum atomic E-state index is 11.6. The van der Waals surface area contributed by atoms with Crippen molar-refractivity contribution >= 4 is 6.09 Å². The Morgan fingerprint density at radius 1 is 1.20 bits per heavy atom. The summed E-state index contributed by atoms with van der Waals surface area (Å²) in [6, 6.07) is 0.251. The number of carbonyl (C=O) groups is 1. The lowest BCUT2D eigenvalue weighted by Crippen LogP contribution is -2.51. The highest BCUT2D eigenvalue weighted by molar-refractivity contribution is 5.67. The number of hydrogen-bond donors (Lipinski definition) is 1. The van der Waals surface area contributed by atoms with Crippen molar-refractivity contribution in [1.29, 1.82) is 0 Å². The minimum atomic E-state index is -0.260. The molecule has 1 fully saturated rings. The lowest BCUT2D eigenvalue weighted by atomic mass is 9.90. The van der Waals surface area contributed by atoms with E-state index in [0.717, 1.165) is 19.5 Å². The Hall–Kier alpha value is -0.770. The van der Waals surface area contributed by atoms with Gasteiger partial charge in [-0.15, -0.1) is 0 Å². The topological polar surface area (TPSA) is 41.6 Å². The van der Waals surface area contributed by atoms with Crippen LogP contribution in [0.3, 0.4) is 0 Å². The number of unbranched alkanes of at least 4 members (excludes halogenated alkanes) is 2. The molecule has 0 radical (unpaired) electrons. The number of carbonyl (C=O) groups excluding carboxylic acids is 1. The fourth-order valence-electron chi connectivity index (χ4n) is 3.01. The van der Waals surface area contributed by atoms with Crippen molar-refractivity contribution in [3.8, 4) is 0 Å². The number of likely N-dealkylation sites (tertiary alicyclic amines) is 1. The van der Waals surface area contributed by atoms with Gasteiger partial charge in [-0.25, -0.2) is 4.79 Å². The standard InChI is InChI=1S/C16H32N2O2/c1-4-7-9-14-11-15(17-16(19)20-6-3)13-18(12-14)10-8-5-2/h14-15H,4-13H2,1-3H3,(H,17,19). The maximum Gasteiger partial charge on any atom is 0.407 e. The molecule has 1 aliphatic heterocycles. The van der Waals surface area contributed by atoms with Crippen molar-refractivity contribution in [2.45, 2.75) is 65.3 Å². The van der Waals surface area contributed by atoms with Crippen molar-refractivity contribution in [2.24, 2.45) is 5.92 Å². The molecule has 1 heterocycles. The van der Waals surface area contributed by atoms with Gasteiger partial charge in [0.25, 0.3) is 0 Å². The number of rotatable bonds is 8. The summed E-state index contributed by atoms with van der Waals surface area (Å²) in [6.07, 6.45) is 7.13. The Bertz CT molecular complexity index is 255. The average Bonchev–Trinajstić information content (AvgIpc) is 2.43. The van der Waals surface area contributed by atoms with Crippen molar-refractivity contribution in [3.05, 3.63) is 0 Å². The normalized spacial score (nSPS) is 23.6. The summed E-state index contributed by atoms with van der Waals surface area (Å²) in [5.41, 5.74) is 0. The molecule has 2 atom stereocenters. The Balaban J connectivity index is 2.47. The number of nitrogens with one attached hydrogen (secondary N) is 1. The molecule has 0 aromatic heterocycles. The third-order valence-electron chi connectivity index (χ3n) is 4.00. The molecule has 1 rings (SSSR count). The Labute approximate surface area is 124 Å². The highest BCUT2D eigenvalue weighted by Crippen LogP contribution is 2.22. The molecule has 4 nitrogen and oxygen atoms in total. The van der Waals surface area contributed by atoms with Gasteiger partial charge in [-0.1, -0.05) is 33.1 Å². The number of alkyl carbamates (subject to hydrolysis) is 1. The average molecular weight is 284 g/mol. The molecule has 20 heavy (non-hydrogen) atoms. The van der Waals surface area contributed by atoms with Gasteiger partial charge in [0.2, 0.25) is 0 Å². The van der Waals surface area contributed by atoms with E-state index in [2.05, 4.69) is 24.1 Å². The van der Waals surface area contributed by atoms with Gasteiger partial charge >= 0.3 is 6.09 Å². The van der Waals surface area contributed by atoms with Crippen LogP contribution in [0.15, 0.2) is 0 Å². The first-order chi connectivity index (χ1) is 9.69. The molecule has 0 bridgehead atoms. The van der Waals surface area contributed by atoms with Crippen molar-refractivity contribution in [1.82, 2.24) is 10.2 Å². The molecule has 1 aliphatic rings. The quantitative estimate of drug-likeness (QED) is 0.742. The van der Waals surface area contributed by atoms with E-state index in [1.54, 1.807) is 0 Å². The third-order valence-corrected chi connectivity index (χ3v) is 4.00. The van der Waals surface area contributed by atoms with Crippen LogP contribution >= 0.6 is 0 Å². The van der Waals surface area contributed by atoms with Crippen LogP contribution in [-0.4, -0.2) is 43.3 Å². The molecule has 0 aromatic rings. The smallest absolute Gasteiger partial charge is 0.407 e. The van der Waals surface area contributed by atoms with Crippen LogP contribution in [0.2, 0.25) is 0 Å². The predicted molar refractivity (Wildman–Crippen MR) is 82.9 cm³/mol. The molecule has 0 aromatic carbocycles. The number of piperidine rings is 1. The zero-order valence-corrected chi connectivity index (χ0v) is 13.5. The van der Waals surface area contributed by atoms with Crippen molar-refractivity contribution in [2.75, 3.05) is 26.2 Å². The van der Waals surface area contributed by atoms with E-state index >= 15 is 0 Å². The molecule has 0 saturated carbocycles. The van der Waals surface area contributed by atoms with E-state index in [-0.39, 0.29) is 12.1 Å². The number of amides is 1. The number of ether oxygens (including phenoxy) is 1. The first kappa shape index (κ1) is 17.3. The highest BCUT2D eigenvalue weighted by atomic mass is 16.5. The van der Waals surface area contributed by atoms with Crippen LogP contribution in [0.25, 0.3) is 0 Å². The minimum absolute atomic E-state index is 0.251. The summed E-state index contributed by atoms with van der Waals surface area (Å²) < 4.78 is 5.01. The van der Waals surface area contributed by atoms with Gasteiger partial charge in [-0.2, -0.15) is 0 Å². The van der Waals surface area contributed by atoms with E-state index < -0.39 is 0 Å². The van der Waals surface area contributed by atoms with E-state index in [1.807, 2.05) is 6.92 Å². The van der Waals surface area contributed by atoms with Gasteiger partial charge in [0, 0.05) is 19.1 Å². The van der Waals surface area contributed by atoms with Crippen LogP contribution in [-0.2, 0) is 4.74 Å². The summed E-state index contributed by atoms with van der Waals surface area (Å²) >= 11 is 0. The van der Waals surface area contributed by atoms with Gasteiger partial charge in [-0.05, 0) is 38.6 Å². The van der Waals surface area contributed by atoms with Crippen molar-refractivity contribution < 1.29 is 9.53 Å². The zero-order chi connectivity index (χ0) is 14.8. The van der Waals surface area contributed by atoms with Gasteiger partial charge in [-0.3, -0.25) is 0 Å². The molecule has 118 valence electrons. The Morgan fingerprint density at radius 2 is 1.95 bits per heavy atom. The second-order valence-electron chi connectivity index (χ2n) is 5.92. The Kier molecular flexibility index (Phi) is 8.67. The number of nitrogens with zero attached hydrogens (tertiary/aromatic N) is 1. The van der Waals surface area contributed by atoms with Crippen LogP contribution in [0, 0.1) is 5.92 Å². The molecular weight excluding hydrogens is 252 g/mol. The number of hydrogen-bond acceptors (Lipinski definition) is 3. The van der Waals surface area contributed by atoms with Crippen molar-refractivity contribution in [3.63, 3.8) is 0 Å². The Morgan fingerprint density at radius 3 is 2.60 bits per heavy atom. The van der Waals surface area contributed by atoms with E-state index in [4.69, 9.17) is 4.74 Å². The molecule has 4 heteroatoms. The second-order valence-corrected chi connectivity index (χ2v) is 5.92. The summed E-state index contributed by atoms with van der Waals surface area (Å²) in [5.74, 6) is 0.715. The second kappa shape index (κ2) is 10.0. The summed E-state index contributed by atoms with van der Waals surface area (Å²) in [5, 5.41) is 3.03.